The molecule has 0 bridgehead atoms. The van der Waals surface area contributed by atoms with E-state index >= 15 is 0 Å². The Kier molecular flexibility index (Phi) is 3.81. The van der Waals surface area contributed by atoms with Gasteiger partial charge in [-0.2, -0.15) is 0 Å². The molecule has 2 aliphatic heterocycles. The summed E-state index contributed by atoms with van der Waals surface area (Å²) in [6.07, 6.45) is 4.45. The Hall–Kier alpha value is -1.92. The number of rotatable bonds is 1. The van der Waals surface area contributed by atoms with Gasteiger partial charge < -0.3 is 19.3 Å². The van der Waals surface area contributed by atoms with Crippen LogP contribution in [0.4, 0.5) is 0 Å². The van der Waals surface area contributed by atoms with Crippen molar-refractivity contribution in [3.8, 4) is 0 Å². The number of hydrogen-bond acceptors (Lipinski definition) is 4. The Morgan fingerprint density at radius 2 is 2.17 bits per heavy atom. The zero-order chi connectivity index (χ0) is 16.7. The first kappa shape index (κ1) is 15.6. The first-order chi connectivity index (χ1) is 11.6. The number of piperidine rings is 1. The van der Waals surface area contributed by atoms with Gasteiger partial charge in [0, 0.05) is 32.3 Å². The minimum absolute atomic E-state index is 0.0303. The normalized spacial score (nSPS) is 23.8. The lowest BCUT2D eigenvalue weighted by molar-refractivity contribution is -0.174. The Labute approximate surface area is 141 Å². The van der Waals surface area contributed by atoms with Crippen molar-refractivity contribution in [2.24, 2.45) is 7.05 Å². The molecular weight excluding hydrogens is 306 g/mol. The van der Waals surface area contributed by atoms with E-state index in [1.165, 1.54) is 0 Å². The van der Waals surface area contributed by atoms with E-state index in [0.717, 1.165) is 23.9 Å². The van der Waals surface area contributed by atoms with E-state index in [9.17, 15) is 9.90 Å². The van der Waals surface area contributed by atoms with Crippen molar-refractivity contribution >= 4 is 16.9 Å². The van der Waals surface area contributed by atoms with Crippen LogP contribution in [0.3, 0.4) is 0 Å². The molecule has 6 nitrogen and oxygen atoms in total. The highest BCUT2D eigenvalue weighted by Gasteiger charge is 2.44. The van der Waals surface area contributed by atoms with E-state index in [0.29, 0.717) is 38.1 Å². The molecule has 24 heavy (non-hydrogen) atoms. The number of carbonyl (C=O) groups is 1. The van der Waals surface area contributed by atoms with Gasteiger partial charge in [-0.25, -0.2) is 4.98 Å². The van der Waals surface area contributed by atoms with Crippen molar-refractivity contribution < 1.29 is 14.6 Å². The van der Waals surface area contributed by atoms with E-state index in [4.69, 9.17) is 4.74 Å². The van der Waals surface area contributed by atoms with Crippen LogP contribution in [0.5, 0.6) is 0 Å². The van der Waals surface area contributed by atoms with Crippen molar-refractivity contribution in [1.29, 1.82) is 0 Å². The SMILES string of the molecule is Cn1cnc2cc(C(=O)N3CCC4(CC3)OCCC[C@H]4O)ccc21. The smallest absolute Gasteiger partial charge is 0.253 e. The largest absolute Gasteiger partial charge is 0.390 e. The third kappa shape index (κ3) is 2.50. The highest BCUT2D eigenvalue weighted by molar-refractivity contribution is 5.97. The maximum Gasteiger partial charge on any atom is 0.253 e. The third-order valence-corrected chi connectivity index (χ3v) is 5.49. The number of nitrogens with zero attached hydrogens (tertiary/aromatic N) is 3. The standard InChI is InChI=1S/C18H23N3O3/c1-20-12-19-14-11-13(4-5-15(14)20)17(23)21-8-6-18(7-9-21)16(22)3-2-10-24-18/h4-5,11-12,16,22H,2-3,6-10H2,1H3/t16-/m1/s1. The highest BCUT2D eigenvalue weighted by Crippen LogP contribution is 2.35. The molecule has 0 saturated carbocycles. The summed E-state index contributed by atoms with van der Waals surface area (Å²) in [5, 5.41) is 10.3. The van der Waals surface area contributed by atoms with E-state index in [-0.39, 0.29) is 5.91 Å². The molecule has 1 N–H and O–H groups in total. The first-order valence-corrected chi connectivity index (χ1v) is 8.61. The summed E-state index contributed by atoms with van der Waals surface area (Å²) in [5.41, 5.74) is 2.08. The molecule has 6 heteroatoms. The van der Waals surface area contributed by atoms with Gasteiger partial charge in [-0.15, -0.1) is 0 Å². The average molecular weight is 329 g/mol. The van der Waals surface area contributed by atoms with Crippen molar-refractivity contribution in [2.75, 3.05) is 19.7 Å². The predicted octanol–water partition coefficient (Wildman–Crippen LogP) is 1.72. The molecule has 0 aliphatic carbocycles. The van der Waals surface area contributed by atoms with E-state index < -0.39 is 11.7 Å². The fraction of sp³-hybridized carbons (Fsp3) is 0.556. The minimum atomic E-state index is -0.444. The van der Waals surface area contributed by atoms with Crippen LogP contribution in [0.2, 0.25) is 0 Å². The Bertz CT molecular complexity index is 762. The molecule has 2 saturated heterocycles. The molecule has 2 fully saturated rings. The number of hydrogen-bond donors (Lipinski definition) is 1. The zero-order valence-corrected chi connectivity index (χ0v) is 13.9. The van der Waals surface area contributed by atoms with Crippen LogP contribution in [0.1, 0.15) is 36.0 Å². The van der Waals surface area contributed by atoms with Gasteiger partial charge in [0.25, 0.3) is 5.91 Å². The molecule has 3 heterocycles. The Balaban J connectivity index is 1.49. The van der Waals surface area contributed by atoms with Crippen LogP contribution in [0, 0.1) is 0 Å². The predicted molar refractivity (Wildman–Crippen MR) is 89.8 cm³/mol. The maximum absolute atomic E-state index is 12.8. The molecule has 1 aromatic heterocycles. The molecule has 1 aromatic carbocycles. The molecular formula is C18H23N3O3. The third-order valence-electron chi connectivity index (χ3n) is 5.49. The lowest BCUT2D eigenvalue weighted by atomic mass is 9.82. The van der Waals surface area contributed by atoms with Crippen molar-refractivity contribution in [2.45, 2.75) is 37.4 Å². The molecule has 1 spiro atoms. The number of aliphatic hydroxyl groups excluding tert-OH is 1. The topological polar surface area (TPSA) is 67.6 Å². The summed E-state index contributed by atoms with van der Waals surface area (Å²) in [6, 6.07) is 5.66. The van der Waals surface area contributed by atoms with Crippen LogP contribution >= 0.6 is 0 Å². The summed E-state index contributed by atoms with van der Waals surface area (Å²) in [6.45, 7) is 1.95. The van der Waals surface area contributed by atoms with E-state index in [1.54, 1.807) is 6.33 Å². The number of aromatic nitrogens is 2. The lowest BCUT2D eigenvalue weighted by Crippen LogP contribution is -2.56. The molecule has 0 radical (unpaired) electrons. The van der Waals surface area contributed by atoms with Gasteiger partial charge in [0.05, 0.1) is 29.1 Å². The second-order valence-corrected chi connectivity index (χ2v) is 6.92. The van der Waals surface area contributed by atoms with Gasteiger partial charge in [-0.1, -0.05) is 0 Å². The quantitative estimate of drug-likeness (QED) is 0.865. The van der Waals surface area contributed by atoms with Gasteiger partial charge in [-0.3, -0.25) is 4.79 Å². The number of aryl methyl sites for hydroxylation is 1. The molecule has 0 unspecified atom stereocenters. The summed E-state index contributed by atoms with van der Waals surface area (Å²) >= 11 is 0. The molecule has 128 valence electrons. The zero-order valence-electron chi connectivity index (χ0n) is 13.9. The van der Waals surface area contributed by atoms with Crippen molar-refractivity contribution in [3.63, 3.8) is 0 Å². The van der Waals surface area contributed by atoms with E-state index in [1.807, 2.05) is 34.7 Å². The Morgan fingerprint density at radius 3 is 2.92 bits per heavy atom. The number of ether oxygens (including phenoxy) is 1. The van der Waals surface area contributed by atoms with Gasteiger partial charge in [0.15, 0.2) is 0 Å². The lowest BCUT2D eigenvalue weighted by Gasteiger charge is -2.46. The number of likely N-dealkylation sites (tertiary alicyclic amines) is 1. The number of benzene rings is 1. The summed E-state index contributed by atoms with van der Waals surface area (Å²) in [7, 11) is 1.94. The first-order valence-electron chi connectivity index (χ1n) is 8.61. The van der Waals surface area contributed by atoms with Crippen molar-refractivity contribution in [3.05, 3.63) is 30.1 Å². The number of fused-ring (bicyclic) bond motifs is 1. The highest BCUT2D eigenvalue weighted by atomic mass is 16.5. The number of aliphatic hydroxyl groups is 1. The number of amides is 1. The fourth-order valence-electron chi connectivity index (χ4n) is 3.93. The molecule has 1 amide bonds. The molecule has 1 atom stereocenters. The summed E-state index contributed by atoms with van der Waals surface area (Å²) < 4.78 is 7.85. The molecule has 2 aromatic rings. The van der Waals surface area contributed by atoms with Crippen molar-refractivity contribution in [1.82, 2.24) is 14.5 Å². The second-order valence-electron chi connectivity index (χ2n) is 6.92. The number of imidazole rings is 1. The van der Waals surface area contributed by atoms with Gasteiger partial charge >= 0.3 is 0 Å². The van der Waals surface area contributed by atoms with E-state index in [2.05, 4.69) is 4.98 Å². The van der Waals surface area contributed by atoms with Crippen LogP contribution in [-0.2, 0) is 11.8 Å². The van der Waals surface area contributed by atoms with Gasteiger partial charge in [0.2, 0.25) is 0 Å². The summed E-state index contributed by atoms with van der Waals surface area (Å²) in [5.74, 6) is 0.0303. The van der Waals surface area contributed by atoms with Gasteiger partial charge in [-0.05, 0) is 43.9 Å². The van der Waals surface area contributed by atoms with Crippen LogP contribution in [-0.4, -0.2) is 56.9 Å². The van der Waals surface area contributed by atoms with Crippen LogP contribution in [0.15, 0.2) is 24.5 Å². The maximum atomic E-state index is 12.8. The second kappa shape index (κ2) is 5.86. The average Bonchev–Trinajstić information content (AvgIpc) is 2.98. The molecule has 2 aliphatic rings. The fourth-order valence-corrected chi connectivity index (χ4v) is 3.93. The van der Waals surface area contributed by atoms with Crippen LogP contribution in [0.25, 0.3) is 11.0 Å². The summed E-state index contributed by atoms with van der Waals surface area (Å²) in [4.78, 5) is 19.0. The molecule has 4 rings (SSSR count). The number of carbonyl (C=O) groups excluding carboxylic acids is 1. The Morgan fingerprint density at radius 1 is 1.38 bits per heavy atom. The van der Waals surface area contributed by atoms with Crippen LogP contribution < -0.4 is 0 Å². The minimum Gasteiger partial charge on any atom is -0.390 e. The van der Waals surface area contributed by atoms with Gasteiger partial charge in [0.1, 0.15) is 0 Å². The monoisotopic (exact) mass is 329 g/mol.